The van der Waals surface area contributed by atoms with Crippen LogP contribution in [-0.4, -0.2) is 14.4 Å². The lowest BCUT2D eigenvalue weighted by Gasteiger charge is -1.95. The molecule has 0 atom stereocenters. The third-order valence-corrected chi connectivity index (χ3v) is 3.45. The summed E-state index contributed by atoms with van der Waals surface area (Å²) in [6, 6.07) is 8.86. The summed E-state index contributed by atoms with van der Waals surface area (Å²) in [7, 11) is 0. The molecule has 20 heavy (non-hydrogen) atoms. The molecule has 0 aliphatic heterocycles. The number of hydrogen-bond donors (Lipinski definition) is 1. The number of hydrogen-bond acceptors (Lipinski definition) is 3. The predicted molar refractivity (Wildman–Crippen MR) is 79.7 cm³/mol. The van der Waals surface area contributed by atoms with E-state index in [9.17, 15) is 9.59 Å². The zero-order valence-corrected chi connectivity index (χ0v) is 12.1. The molecule has 0 bridgehead atoms. The minimum absolute atomic E-state index is 0.267. The molecule has 0 amide bonds. The normalized spacial score (nSPS) is 12.2. The molecule has 0 saturated carbocycles. The topological polar surface area (TPSA) is 67.2 Å². The first-order valence-electron chi connectivity index (χ1n) is 5.94. The first kappa shape index (κ1) is 12.8. The Balaban J connectivity index is 2.37. The summed E-state index contributed by atoms with van der Waals surface area (Å²) in [4.78, 5) is 30.7. The summed E-state index contributed by atoms with van der Waals surface area (Å²) >= 11 is 3.35. The number of rotatable bonds is 1. The van der Waals surface area contributed by atoms with Crippen LogP contribution in [0.2, 0.25) is 0 Å². The molecule has 100 valence electrons. The van der Waals surface area contributed by atoms with Crippen LogP contribution in [0.5, 0.6) is 0 Å². The number of halogens is 1. The molecular formula is C14H10BrN3O2. The van der Waals surface area contributed by atoms with E-state index in [2.05, 4.69) is 25.9 Å². The Labute approximate surface area is 121 Å². The molecule has 3 aromatic rings. The molecule has 0 aliphatic rings. The van der Waals surface area contributed by atoms with E-state index in [0.717, 1.165) is 10.0 Å². The summed E-state index contributed by atoms with van der Waals surface area (Å²) in [5, 5.41) is 0.278. The molecule has 0 fully saturated rings. The highest BCUT2D eigenvalue weighted by Gasteiger charge is 2.06. The van der Waals surface area contributed by atoms with Gasteiger partial charge in [-0.05, 0) is 30.7 Å². The van der Waals surface area contributed by atoms with Crippen molar-refractivity contribution in [2.45, 2.75) is 6.92 Å². The maximum atomic E-state index is 12.0. The van der Waals surface area contributed by atoms with Gasteiger partial charge < -0.3 is 0 Å². The fraction of sp³-hybridized carbons (Fsp3) is 0.0714. The smallest absolute Gasteiger partial charge is 0.275 e. The van der Waals surface area contributed by atoms with Gasteiger partial charge in [0.1, 0.15) is 5.35 Å². The van der Waals surface area contributed by atoms with Crippen LogP contribution >= 0.6 is 15.9 Å². The fourth-order valence-electron chi connectivity index (χ4n) is 2.03. The van der Waals surface area contributed by atoms with Gasteiger partial charge in [0, 0.05) is 16.2 Å². The molecule has 0 unspecified atom stereocenters. The predicted octanol–water partition coefficient (Wildman–Crippen LogP) is 1.00. The van der Waals surface area contributed by atoms with Crippen molar-refractivity contribution >= 4 is 27.8 Å². The Morgan fingerprint density at radius 2 is 1.95 bits per heavy atom. The van der Waals surface area contributed by atoms with E-state index in [-0.39, 0.29) is 22.2 Å². The molecule has 3 rings (SSSR count). The van der Waals surface area contributed by atoms with Gasteiger partial charge in [-0.15, -0.1) is 0 Å². The highest BCUT2D eigenvalue weighted by Crippen LogP contribution is 2.10. The highest BCUT2D eigenvalue weighted by atomic mass is 79.9. The van der Waals surface area contributed by atoms with Crippen molar-refractivity contribution < 1.29 is 0 Å². The van der Waals surface area contributed by atoms with E-state index in [1.54, 1.807) is 13.0 Å². The zero-order chi connectivity index (χ0) is 14.3. The van der Waals surface area contributed by atoms with Crippen molar-refractivity contribution in [1.29, 1.82) is 0 Å². The lowest BCUT2D eigenvalue weighted by atomic mass is 10.2. The minimum atomic E-state index is -0.330. The molecule has 6 heteroatoms. The average molecular weight is 332 g/mol. The van der Waals surface area contributed by atoms with Gasteiger partial charge in [-0.2, -0.15) is 0 Å². The third-order valence-electron chi connectivity index (χ3n) is 2.92. The molecule has 5 nitrogen and oxygen atoms in total. The Morgan fingerprint density at radius 1 is 1.25 bits per heavy atom. The standard InChI is InChI=1S/C14H10BrN3O2/c1-8-6-12(19)18-11(13(20)17-14(18)16-8)7-9-2-4-10(15)5-3-9/h2-7H,1H3,(H,16,17,20)/b11-7-. The Morgan fingerprint density at radius 3 is 2.65 bits per heavy atom. The minimum Gasteiger partial charge on any atom is -0.290 e. The van der Waals surface area contributed by atoms with E-state index in [0.29, 0.717) is 5.69 Å². The maximum Gasteiger partial charge on any atom is 0.275 e. The number of imidazole rings is 1. The van der Waals surface area contributed by atoms with E-state index >= 15 is 0 Å². The fourth-order valence-corrected chi connectivity index (χ4v) is 2.29. The summed E-state index contributed by atoms with van der Waals surface area (Å²) < 4.78 is 2.24. The second-order valence-electron chi connectivity index (χ2n) is 4.43. The Bertz CT molecular complexity index is 955. The van der Waals surface area contributed by atoms with Crippen LogP contribution in [-0.2, 0) is 0 Å². The highest BCUT2D eigenvalue weighted by molar-refractivity contribution is 9.10. The van der Waals surface area contributed by atoms with Crippen molar-refractivity contribution in [1.82, 2.24) is 14.4 Å². The van der Waals surface area contributed by atoms with Crippen molar-refractivity contribution in [2.75, 3.05) is 0 Å². The molecule has 0 aliphatic carbocycles. The number of H-pyrrole nitrogens is 1. The second-order valence-corrected chi connectivity index (χ2v) is 5.35. The van der Waals surface area contributed by atoms with Crippen molar-refractivity contribution in [3.05, 3.63) is 72.1 Å². The van der Waals surface area contributed by atoms with Crippen LogP contribution in [0.3, 0.4) is 0 Å². The third kappa shape index (κ3) is 2.18. The van der Waals surface area contributed by atoms with Gasteiger partial charge in [0.05, 0.1) is 0 Å². The number of aryl methyl sites for hydroxylation is 1. The molecule has 2 heterocycles. The lowest BCUT2D eigenvalue weighted by Crippen LogP contribution is -2.32. The van der Waals surface area contributed by atoms with Crippen LogP contribution in [0.4, 0.5) is 0 Å². The summed E-state index contributed by atoms with van der Waals surface area (Å²) in [6.07, 6.45) is 1.66. The van der Waals surface area contributed by atoms with Gasteiger partial charge in [0.2, 0.25) is 5.78 Å². The van der Waals surface area contributed by atoms with Gasteiger partial charge >= 0.3 is 0 Å². The van der Waals surface area contributed by atoms with Crippen LogP contribution in [0.1, 0.15) is 11.3 Å². The van der Waals surface area contributed by atoms with Gasteiger partial charge in [-0.3, -0.25) is 14.6 Å². The van der Waals surface area contributed by atoms with Crippen LogP contribution in [0.25, 0.3) is 11.9 Å². The molecular weight excluding hydrogens is 322 g/mol. The van der Waals surface area contributed by atoms with Crippen LogP contribution in [0, 0.1) is 6.92 Å². The molecule has 1 aromatic carbocycles. The van der Waals surface area contributed by atoms with E-state index < -0.39 is 0 Å². The van der Waals surface area contributed by atoms with Crippen molar-refractivity contribution in [2.24, 2.45) is 0 Å². The summed E-state index contributed by atoms with van der Waals surface area (Å²) in [5.41, 5.74) is 0.808. The number of benzene rings is 1. The first-order chi connectivity index (χ1) is 9.54. The van der Waals surface area contributed by atoms with Gasteiger partial charge in [-0.1, -0.05) is 28.1 Å². The molecule has 0 radical (unpaired) electrons. The maximum absolute atomic E-state index is 12.0. The number of nitrogens with one attached hydrogen (secondary N) is 1. The van der Waals surface area contributed by atoms with Crippen molar-refractivity contribution in [3.63, 3.8) is 0 Å². The first-order valence-corrected chi connectivity index (χ1v) is 6.73. The summed E-state index contributed by atoms with van der Waals surface area (Å²) in [5.74, 6) is 0.267. The molecule has 0 saturated heterocycles. The van der Waals surface area contributed by atoms with Gasteiger partial charge in [0.25, 0.3) is 11.1 Å². The monoisotopic (exact) mass is 331 g/mol. The average Bonchev–Trinajstić information content (AvgIpc) is 2.68. The van der Waals surface area contributed by atoms with Crippen LogP contribution in [0.15, 0.2) is 44.4 Å². The SMILES string of the molecule is Cc1cc(=O)n2/c(=C\c3ccc(Br)cc3)c(=O)[nH]c2n1. The van der Waals surface area contributed by atoms with E-state index in [1.165, 1.54) is 10.5 Å². The Kier molecular flexibility index (Phi) is 3.02. The van der Waals surface area contributed by atoms with E-state index in [4.69, 9.17) is 0 Å². The number of aromatic nitrogens is 3. The number of aromatic amines is 1. The zero-order valence-electron chi connectivity index (χ0n) is 10.6. The number of fused-ring (bicyclic) bond motifs is 1. The molecule has 2 aromatic heterocycles. The largest absolute Gasteiger partial charge is 0.290 e. The molecule has 1 N–H and O–H groups in total. The quantitative estimate of drug-likeness (QED) is 0.723. The van der Waals surface area contributed by atoms with Crippen LogP contribution < -0.4 is 16.5 Å². The lowest BCUT2D eigenvalue weighted by molar-refractivity contribution is 0.999. The van der Waals surface area contributed by atoms with Crippen molar-refractivity contribution in [3.8, 4) is 0 Å². The van der Waals surface area contributed by atoms with E-state index in [1.807, 2.05) is 24.3 Å². The summed E-state index contributed by atoms with van der Waals surface area (Å²) in [6.45, 7) is 1.71. The molecule has 0 spiro atoms. The van der Waals surface area contributed by atoms with Gasteiger partial charge in [-0.25, -0.2) is 9.38 Å². The second kappa shape index (κ2) is 4.72. The number of nitrogens with zero attached hydrogens (tertiary/aromatic N) is 2. The Hall–Kier alpha value is -2.21. The van der Waals surface area contributed by atoms with Gasteiger partial charge in [0.15, 0.2) is 0 Å².